The van der Waals surface area contributed by atoms with E-state index in [2.05, 4.69) is 4.90 Å². The first kappa shape index (κ1) is 7.64. The molecule has 1 aliphatic heterocycles. The molecule has 1 unspecified atom stereocenters. The lowest BCUT2D eigenvalue weighted by atomic mass is 10.2. The summed E-state index contributed by atoms with van der Waals surface area (Å²) in [4.78, 5) is 2.22. The van der Waals surface area contributed by atoms with E-state index in [9.17, 15) is 0 Å². The van der Waals surface area contributed by atoms with Gasteiger partial charge in [0.2, 0.25) is 0 Å². The van der Waals surface area contributed by atoms with Crippen LogP contribution in [0.15, 0.2) is 0 Å². The van der Waals surface area contributed by atoms with Crippen LogP contribution in [0.5, 0.6) is 0 Å². The largest absolute Gasteiger partial charge is 0.286 e. The van der Waals surface area contributed by atoms with Gasteiger partial charge < -0.3 is 0 Å². The second-order valence-electron chi connectivity index (χ2n) is 2.38. The van der Waals surface area contributed by atoms with E-state index < -0.39 is 0 Å². The lowest BCUT2D eigenvalue weighted by Crippen LogP contribution is -2.29. The molecule has 1 heterocycles. The number of rotatable bonds is 2. The molecule has 0 N–H and O–H groups in total. The predicted molar refractivity (Wildman–Crippen MR) is 41.2 cm³/mol. The highest BCUT2D eigenvalue weighted by molar-refractivity contribution is 6.19. The van der Waals surface area contributed by atoms with Crippen LogP contribution in [0.3, 0.4) is 0 Å². The molecular weight excluding hydrogens is 157 g/mol. The molecule has 0 bridgehead atoms. The van der Waals surface area contributed by atoms with E-state index in [1.807, 2.05) is 0 Å². The molecule has 0 aromatic rings. The first-order chi connectivity index (χ1) is 4.38. The van der Waals surface area contributed by atoms with Gasteiger partial charge in [-0.3, -0.25) is 4.90 Å². The summed E-state index contributed by atoms with van der Waals surface area (Å²) in [5.74, 6) is 0.729. The maximum atomic E-state index is 5.68. The molecule has 9 heavy (non-hydrogen) atoms. The molecule has 3 heteroatoms. The van der Waals surface area contributed by atoms with Crippen molar-refractivity contribution in [2.24, 2.45) is 0 Å². The molecule has 1 aliphatic rings. The highest BCUT2D eigenvalue weighted by atomic mass is 35.5. The molecule has 0 aromatic carbocycles. The van der Waals surface area contributed by atoms with E-state index in [-0.39, 0.29) is 0 Å². The minimum Gasteiger partial charge on any atom is -0.286 e. The zero-order valence-corrected chi connectivity index (χ0v) is 6.83. The van der Waals surface area contributed by atoms with Crippen LogP contribution in [0.25, 0.3) is 0 Å². The summed E-state index contributed by atoms with van der Waals surface area (Å²) in [7, 11) is 0. The van der Waals surface area contributed by atoms with Gasteiger partial charge in [-0.2, -0.15) is 0 Å². The molecule has 1 saturated heterocycles. The summed E-state index contributed by atoms with van der Waals surface area (Å²) in [6.07, 6.45) is 2.47. The van der Waals surface area contributed by atoms with Crippen molar-refractivity contribution in [2.45, 2.75) is 18.9 Å². The van der Waals surface area contributed by atoms with Crippen molar-refractivity contribution < 1.29 is 0 Å². The first-order valence-corrected chi connectivity index (χ1v) is 4.31. The monoisotopic (exact) mass is 167 g/mol. The van der Waals surface area contributed by atoms with E-state index in [1.54, 1.807) is 0 Å². The molecule has 54 valence electrons. The molecule has 0 amide bonds. The third-order valence-corrected chi connectivity index (χ3v) is 2.49. The number of nitrogens with zero attached hydrogens (tertiary/aromatic N) is 1. The Kier molecular flexibility index (Phi) is 3.10. The fourth-order valence-electron chi connectivity index (χ4n) is 1.23. The van der Waals surface area contributed by atoms with Gasteiger partial charge in [-0.05, 0) is 19.4 Å². The quantitative estimate of drug-likeness (QED) is 0.449. The van der Waals surface area contributed by atoms with Gasteiger partial charge in [-0.1, -0.05) is 0 Å². The van der Waals surface area contributed by atoms with Crippen LogP contribution >= 0.6 is 23.2 Å². The van der Waals surface area contributed by atoms with Gasteiger partial charge in [0.15, 0.2) is 0 Å². The van der Waals surface area contributed by atoms with Crippen molar-refractivity contribution in [1.82, 2.24) is 4.90 Å². The van der Waals surface area contributed by atoms with Crippen molar-refractivity contribution in [3.05, 3.63) is 0 Å². The second-order valence-corrected chi connectivity index (χ2v) is 2.93. The Morgan fingerprint density at radius 1 is 1.44 bits per heavy atom. The fourth-order valence-corrected chi connectivity index (χ4v) is 1.89. The molecule has 0 spiro atoms. The summed E-state index contributed by atoms with van der Waals surface area (Å²) in [5.41, 5.74) is 0. The normalized spacial score (nSPS) is 29.3. The van der Waals surface area contributed by atoms with E-state index in [0.717, 1.165) is 12.4 Å². The topological polar surface area (TPSA) is 3.24 Å². The van der Waals surface area contributed by atoms with Crippen LogP contribution in [-0.4, -0.2) is 29.4 Å². The van der Waals surface area contributed by atoms with Crippen molar-refractivity contribution >= 4 is 23.2 Å². The van der Waals surface area contributed by atoms with Crippen LogP contribution in [0, 0.1) is 0 Å². The van der Waals surface area contributed by atoms with Crippen LogP contribution < -0.4 is 0 Å². The first-order valence-electron chi connectivity index (χ1n) is 3.24. The lowest BCUT2D eigenvalue weighted by molar-refractivity contribution is 0.317. The SMILES string of the molecule is ClCC1CCCN1CCl. The molecule has 0 saturated carbocycles. The lowest BCUT2D eigenvalue weighted by Gasteiger charge is -2.18. The Morgan fingerprint density at radius 2 is 2.22 bits per heavy atom. The van der Waals surface area contributed by atoms with Crippen molar-refractivity contribution in [3.8, 4) is 0 Å². The molecule has 0 aliphatic carbocycles. The highest BCUT2D eigenvalue weighted by Gasteiger charge is 2.21. The van der Waals surface area contributed by atoms with Gasteiger partial charge in [0.05, 0.1) is 6.00 Å². The van der Waals surface area contributed by atoms with E-state index >= 15 is 0 Å². The van der Waals surface area contributed by atoms with Gasteiger partial charge >= 0.3 is 0 Å². The Bertz CT molecular complexity index is 77.1. The van der Waals surface area contributed by atoms with Crippen LogP contribution in [0.2, 0.25) is 0 Å². The molecule has 1 rings (SSSR count). The molecule has 1 nitrogen and oxygen atoms in total. The van der Waals surface area contributed by atoms with Gasteiger partial charge in [0.25, 0.3) is 0 Å². The standard InChI is InChI=1S/C6H11Cl2N/c7-4-6-2-1-3-9(6)5-8/h6H,1-5H2. The smallest absolute Gasteiger partial charge is 0.0741 e. The minimum absolute atomic E-state index is 0.546. The number of alkyl halides is 2. The van der Waals surface area contributed by atoms with Gasteiger partial charge in [-0.15, -0.1) is 23.2 Å². The van der Waals surface area contributed by atoms with Crippen LogP contribution in [0.4, 0.5) is 0 Å². The van der Waals surface area contributed by atoms with Gasteiger partial charge in [-0.25, -0.2) is 0 Å². The Balaban J connectivity index is 2.32. The second kappa shape index (κ2) is 3.65. The minimum atomic E-state index is 0.546. The maximum Gasteiger partial charge on any atom is 0.0741 e. The Morgan fingerprint density at radius 3 is 2.67 bits per heavy atom. The molecule has 1 fully saturated rings. The third-order valence-electron chi connectivity index (χ3n) is 1.83. The number of hydrogen-bond donors (Lipinski definition) is 0. The highest BCUT2D eigenvalue weighted by Crippen LogP contribution is 2.17. The van der Waals surface area contributed by atoms with Crippen LogP contribution in [0.1, 0.15) is 12.8 Å². The van der Waals surface area contributed by atoms with E-state index in [4.69, 9.17) is 23.2 Å². The fraction of sp³-hybridized carbons (Fsp3) is 1.00. The van der Waals surface area contributed by atoms with Gasteiger partial charge in [0, 0.05) is 11.9 Å². The zero-order chi connectivity index (χ0) is 6.69. The average Bonchev–Trinajstić information content (AvgIpc) is 2.33. The summed E-state index contributed by atoms with van der Waals surface area (Å²) in [6, 6.07) is 1.18. The average molecular weight is 168 g/mol. The van der Waals surface area contributed by atoms with E-state index in [1.165, 1.54) is 12.8 Å². The van der Waals surface area contributed by atoms with Crippen molar-refractivity contribution in [1.29, 1.82) is 0 Å². The third kappa shape index (κ3) is 1.73. The maximum absolute atomic E-state index is 5.68. The van der Waals surface area contributed by atoms with Crippen LogP contribution in [-0.2, 0) is 0 Å². The summed E-state index contributed by atoms with van der Waals surface area (Å²) in [6.45, 7) is 1.13. The van der Waals surface area contributed by atoms with Gasteiger partial charge in [0.1, 0.15) is 0 Å². The van der Waals surface area contributed by atoms with Crippen molar-refractivity contribution in [3.63, 3.8) is 0 Å². The van der Waals surface area contributed by atoms with E-state index in [0.29, 0.717) is 12.0 Å². The Labute approximate surface area is 65.9 Å². The predicted octanol–water partition coefficient (Wildman–Crippen LogP) is 1.89. The number of hydrogen-bond acceptors (Lipinski definition) is 1. The number of halogens is 2. The number of likely N-dealkylation sites (tertiary alicyclic amines) is 1. The summed E-state index contributed by atoms with van der Waals surface area (Å²) < 4.78 is 0. The molecular formula is C6H11Cl2N. The molecule has 1 atom stereocenters. The zero-order valence-electron chi connectivity index (χ0n) is 5.32. The Hall–Kier alpha value is 0.540. The molecule has 0 radical (unpaired) electrons. The molecule has 0 aromatic heterocycles. The summed E-state index contributed by atoms with van der Waals surface area (Å²) in [5, 5.41) is 0. The van der Waals surface area contributed by atoms with Crippen molar-refractivity contribution in [2.75, 3.05) is 18.4 Å². The summed E-state index contributed by atoms with van der Waals surface area (Å²) >= 11 is 11.3.